The fraction of sp³-hybridized carbons (Fsp3) is 0.0690. The minimum Gasteiger partial charge on any atom is -0.505 e. The number of fused-ring (bicyclic) bond motifs is 1. The number of carboxylic acid groups (broad SMARTS) is 1. The van der Waals surface area contributed by atoms with Crippen LogP contribution in [0.15, 0.2) is 96.1 Å². The summed E-state index contributed by atoms with van der Waals surface area (Å²) in [5.41, 5.74) is 7.66. The summed E-state index contributed by atoms with van der Waals surface area (Å²) in [6.07, 6.45) is -0.523. The number of anilines is 3. The summed E-state index contributed by atoms with van der Waals surface area (Å²) < 4.78 is 4.72. The van der Waals surface area contributed by atoms with Crippen molar-refractivity contribution in [1.29, 1.82) is 0 Å². The van der Waals surface area contributed by atoms with Gasteiger partial charge in [0, 0.05) is 16.8 Å². The maximum atomic E-state index is 13.5. The fourth-order valence-electron chi connectivity index (χ4n) is 4.26. The molecule has 1 aliphatic rings. The zero-order valence-corrected chi connectivity index (χ0v) is 19.9. The Kier molecular flexibility index (Phi) is 6.30. The van der Waals surface area contributed by atoms with E-state index in [2.05, 4.69) is 17.5 Å². The van der Waals surface area contributed by atoms with E-state index >= 15 is 0 Å². The molecule has 0 spiro atoms. The number of rotatable bonds is 6. The van der Waals surface area contributed by atoms with Crippen molar-refractivity contribution in [2.24, 2.45) is 5.10 Å². The van der Waals surface area contributed by atoms with Gasteiger partial charge < -0.3 is 14.9 Å². The molecule has 4 aromatic rings. The fourth-order valence-corrected chi connectivity index (χ4v) is 4.26. The normalized spacial score (nSPS) is 13.5. The molecule has 1 heterocycles. The van der Waals surface area contributed by atoms with E-state index in [1.807, 2.05) is 48.5 Å². The van der Waals surface area contributed by atoms with Gasteiger partial charge in [0.1, 0.15) is 11.5 Å². The quantitative estimate of drug-likeness (QED) is 0.128. The highest BCUT2D eigenvalue weighted by Gasteiger charge is 2.35. The van der Waals surface area contributed by atoms with Crippen molar-refractivity contribution in [3.63, 3.8) is 0 Å². The molecule has 1 amide bonds. The van der Waals surface area contributed by atoms with Crippen LogP contribution in [0.25, 0.3) is 11.1 Å². The molecule has 5 rings (SSSR count). The monoisotopic (exact) mass is 493 g/mol. The van der Waals surface area contributed by atoms with E-state index in [1.165, 1.54) is 17.7 Å². The number of hydrogen-bond donors (Lipinski definition) is 3. The minimum atomic E-state index is -1.43. The van der Waals surface area contributed by atoms with Crippen LogP contribution in [0.3, 0.4) is 0 Å². The Balaban J connectivity index is 1.47. The standard InChI is InChI=1S/C29H23N3O5/c1-2-18-13-15-20(16-14-18)32-25-12-4-3-9-23(25)26(28(32)34)31-30-24-11-6-10-22(27(24)33)19-7-5-8-21(17-19)37-29(35)36/h3-17,30,33H,2H2,1H3,(H,35,36). The molecule has 0 radical (unpaired) electrons. The second-order valence-electron chi connectivity index (χ2n) is 8.35. The van der Waals surface area contributed by atoms with E-state index in [4.69, 9.17) is 9.84 Å². The molecule has 184 valence electrons. The zero-order valence-electron chi connectivity index (χ0n) is 19.9. The largest absolute Gasteiger partial charge is 0.511 e. The molecule has 0 atom stereocenters. The van der Waals surface area contributed by atoms with Gasteiger partial charge in [0.2, 0.25) is 0 Å². The maximum absolute atomic E-state index is 13.5. The maximum Gasteiger partial charge on any atom is 0.511 e. The lowest BCUT2D eigenvalue weighted by Gasteiger charge is -2.17. The van der Waals surface area contributed by atoms with Crippen LogP contribution in [-0.4, -0.2) is 28.0 Å². The smallest absolute Gasteiger partial charge is 0.505 e. The molecule has 4 aromatic carbocycles. The van der Waals surface area contributed by atoms with Crippen LogP contribution in [0.1, 0.15) is 18.1 Å². The highest BCUT2D eigenvalue weighted by molar-refractivity contribution is 6.55. The first-order valence-electron chi connectivity index (χ1n) is 11.7. The van der Waals surface area contributed by atoms with Crippen molar-refractivity contribution >= 4 is 34.8 Å². The van der Waals surface area contributed by atoms with Crippen LogP contribution in [-0.2, 0) is 11.2 Å². The second-order valence-corrected chi connectivity index (χ2v) is 8.35. The lowest BCUT2D eigenvalue weighted by Crippen LogP contribution is -2.26. The van der Waals surface area contributed by atoms with E-state index in [0.29, 0.717) is 16.7 Å². The Bertz CT molecular complexity index is 1530. The van der Waals surface area contributed by atoms with Crippen molar-refractivity contribution in [2.75, 3.05) is 10.3 Å². The van der Waals surface area contributed by atoms with E-state index < -0.39 is 6.16 Å². The summed E-state index contributed by atoms with van der Waals surface area (Å²) in [4.78, 5) is 26.0. The molecule has 0 aromatic heterocycles. The van der Waals surface area contributed by atoms with Crippen molar-refractivity contribution < 1.29 is 24.5 Å². The first-order valence-corrected chi connectivity index (χ1v) is 11.7. The molecule has 0 saturated heterocycles. The van der Waals surface area contributed by atoms with Crippen LogP contribution < -0.4 is 15.1 Å². The number of hydrogen-bond acceptors (Lipinski definition) is 6. The molecule has 8 nitrogen and oxygen atoms in total. The molecule has 0 aliphatic carbocycles. The number of aromatic hydroxyl groups is 1. The summed E-state index contributed by atoms with van der Waals surface area (Å²) in [6.45, 7) is 2.08. The third-order valence-corrected chi connectivity index (χ3v) is 6.08. The summed E-state index contributed by atoms with van der Waals surface area (Å²) in [7, 11) is 0. The van der Waals surface area contributed by atoms with Gasteiger partial charge in [-0.15, -0.1) is 0 Å². The molecule has 3 N–H and O–H groups in total. The predicted molar refractivity (Wildman–Crippen MR) is 142 cm³/mol. The zero-order chi connectivity index (χ0) is 25.9. The molecular formula is C29H23N3O5. The van der Waals surface area contributed by atoms with Gasteiger partial charge in [0.25, 0.3) is 5.91 Å². The summed E-state index contributed by atoms with van der Waals surface area (Å²) in [5, 5.41) is 24.2. The number of phenolic OH excluding ortho intramolecular Hbond substituents is 1. The van der Waals surface area contributed by atoms with E-state index in [9.17, 15) is 14.7 Å². The van der Waals surface area contributed by atoms with Gasteiger partial charge in [-0.2, -0.15) is 5.10 Å². The number of carbonyl (C=O) groups is 2. The second kappa shape index (κ2) is 9.87. The Labute approximate surface area is 213 Å². The molecule has 0 unspecified atom stereocenters. The Hall–Kier alpha value is -5.11. The molecule has 0 bridgehead atoms. The van der Waals surface area contributed by atoms with Crippen LogP contribution >= 0.6 is 0 Å². The molecule has 8 heteroatoms. The summed E-state index contributed by atoms with van der Waals surface area (Å²) in [5.74, 6) is -0.264. The van der Waals surface area contributed by atoms with Crippen LogP contribution in [0, 0.1) is 0 Å². The number of nitrogens with zero attached hydrogens (tertiary/aromatic N) is 2. The third-order valence-electron chi connectivity index (χ3n) is 6.08. The van der Waals surface area contributed by atoms with Gasteiger partial charge in [0.05, 0.1) is 11.4 Å². The first kappa shape index (κ1) is 23.6. The molecule has 0 saturated carbocycles. The van der Waals surface area contributed by atoms with Crippen LogP contribution in [0.5, 0.6) is 11.5 Å². The highest BCUT2D eigenvalue weighted by atomic mass is 16.7. The number of ether oxygens (including phenoxy) is 1. The summed E-state index contributed by atoms with van der Waals surface area (Å²) in [6, 6.07) is 26.6. The first-order chi connectivity index (χ1) is 18.0. The van der Waals surface area contributed by atoms with Gasteiger partial charge in [-0.3, -0.25) is 15.1 Å². The summed E-state index contributed by atoms with van der Waals surface area (Å²) >= 11 is 0. The van der Waals surface area contributed by atoms with E-state index in [0.717, 1.165) is 17.8 Å². The third kappa shape index (κ3) is 4.60. The Morgan fingerprint density at radius 2 is 1.68 bits per heavy atom. The molecule has 0 fully saturated rings. The lowest BCUT2D eigenvalue weighted by atomic mass is 10.0. The van der Waals surface area contributed by atoms with Crippen molar-refractivity contribution in [3.05, 3.63) is 102 Å². The average molecular weight is 494 g/mol. The Morgan fingerprint density at radius 3 is 2.43 bits per heavy atom. The van der Waals surface area contributed by atoms with Crippen LogP contribution in [0.4, 0.5) is 21.9 Å². The van der Waals surface area contributed by atoms with Crippen molar-refractivity contribution in [1.82, 2.24) is 0 Å². The number of para-hydroxylation sites is 2. The number of phenols is 1. The minimum absolute atomic E-state index is 0.106. The number of hydrazone groups is 1. The van der Waals surface area contributed by atoms with Gasteiger partial charge in [-0.05, 0) is 53.9 Å². The Morgan fingerprint density at radius 1 is 0.946 bits per heavy atom. The number of nitrogens with one attached hydrogen (secondary N) is 1. The molecular weight excluding hydrogens is 470 g/mol. The van der Waals surface area contributed by atoms with Gasteiger partial charge in [-0.25, -0.2) is 4.79 Å². The van der Waals surface area contributed by atoms with Gasteiger partial charge in [0.15, 0.2) is 5.71 Å². The SMILES string of the molecule is CCc1ccc(N2C(=O)C(=NNc3cccc(-c4cccc(OC(=O)O)c4)c3O)c3ccccc32)cc1. The highest BCUT2D eigenvalue weighted by Crippen LogP contribution is 2.38. The average Bonchev–Trinajstić information content (AvgIpc) is 3.19. The number of amides is 1. The van der Waals surface area contributed by atoms with Crippen molar-refractivity contribution in [2.45, 2.75) is 13.3 Å². The molecule has 37 heavy (non-hydrogen) atoms. The number of aryl methyl sites for hydroxylation is 1. The predicted octanol–water partition coefficient (Wildman–Crippen LogP) is 6.17. The van der Waals surface area contributed by atoms with Crippen molar-refractivity contribution in [3.8, 4) is 22.6 Å². The van der Waals surface area contributed by atoms with E-state index in [1.54, 1.807) is 35.2 Å². The number of benzene rings is 4. The van der Waals surface area contributed by atoms with Crippen LogP contribution in [0.2, 0.25) is 0 Å². The molecule has 1 aliphatic heterocycles. The topological polar surface area (TPSA) is 111 Å². The van der Waals surface area contributed by atoms with Gasteiger partial charge in [-0.1, -0.05) is 61.5 Å². The van der Waals surface area contributed by atoms with E-state index in [-0.39, 0.29) is 28.8 Å². The number of carbonyl (C=O) groups excluding carboxylic acids is 1. The van der Waals surface area contributed by atoms with Gasteiger partial charge >= 0.3 is 6.16 Å². The lowest BCUT2D eigenvalue weighted by molar-refractivity contribution is -0.111.